The molecule has 0 aliphatic carbocycles. The third-order valence-electron chi connectivity index (χ3n) is 3.83. The summed E-state index contributed by atoms with van der Waals surface area (Å²) in [7, 11) is 2.11. The Morgan fingerprint density at radius 2 is 2.00 bits per heavy atom. The first-order valence-corrected chi connectivity index (χ1v) is 6.79. The Hall–Kier alpha value is -1.81. The van der Waals surface area contributed by atoms with Crippen LogP contribution in [0.3, 0.4) is 0 Å². The second-order valence-corrected chi connectivity index (χ2v) is 5.20. The molecule has 0 radical (unpaired) electrons. The molecule has 0 unspecified atom stereocenters. The first-order valence-electron chi connectivity index (χ1n) is 6.79. The SMILES string of the molecule is CN1CCCN(C(=O)c2c[nH]c3ccccc23)CC1. The molecule has 0 bridgehead atoms. The predicted octanol–water partition coefficient (Wildman–Crippen LogP) is 1.95. The van der Waals surface area contributed by atoms with Crippen LogP contribution in [0.4, 0.5) is 0 Å². The number of nitrogens with zero attached hydrogens (tertiary/aromatic N) is 2. The summed E-state index contributed by atoms with van der Waals surface area (Å²) >= 11 is 0. The van der Waals surface area contributed by atoms with E-state index in [4.69, 9.17) is 0 Å². The van der Waals surface area contributed by atoms with Crippen molar-refractivity contribution in [3.63, 3.8) is 0 Å². The van der Waals surface area contributed by atoms with E-state index in [-0.39, 0.29) is 5.91 Å². The van der Waals surface area contributed by atoms with Crippen LogP contribution in [0.15, 0.2) is 30.5 Å². The van der Waals surface area contributed by atoms with Gasteiger partial charge in [-0.3, -0.25) is 4.79 Å². The van der Waals surface area contributed by atoms with Crippen molar-refractivity contribution in [3.8, 4) is 0 Å². The van der Waals surface area contributed by atoms with Crippen LogP contribution < -0.4 is 0 Å². The van der Waals surface area contributed by atoms with E-state index >= 15 is 0 Å². The fraction of sp³-hybridized carbons (Fsp3) is 0.400. The Labute approximate surface area is 113 Å². The van der Waals surface area contributed by atoms with E-state index < -0.39 is 0 Å². The number of hydrogen-bond acceptors (Lipinski definition) is 2. The zero-order valence-corrected chi connectivity index (χ0v) is 11.2. The highest BCUT2D eigenvalue weighted by Gasteiger charge is 2.21. The molecule has 4 heteroatoms. The van der Waals surface area contributed by atoms with Gasteiger partial charge in [0, 0.05) is 36.7 Å². The Kier molecular flexibility index (Phi) is 3.25. The fourth-order valence-corrected chi connectivity index (χ4v) is 2.67. The molecule has 4 nitrogen and oxygen atoms in total. The third kappa shape index (κ3) is 2.36. The Morgan fingerprint density at radius 3 is 2.89 bits per heavy atom. The molecule has 1 N–H and O–H groups in total. The average molecular weight is 257 g/mol. The number of para-hydroxylation sites is 1. The van der Waals surface area contributed by atoms with Gasteiger partial charge in [0.1, 0.15) is 0 Å². The second-order valence-electron chi connectivity index (χ2n) is 5.20. The summed E-state index contributed by atoms with van der Waals surface area (Å²) in [4.78, 5) is 20.0. The van der Waals surface area contributed by atoms with Crippen molar-refractivity contribution in [2.45, 2.75) is 6.42 Å². The molecule has 0 spiro atoms. The lowest BCUT2D eigenvalue weighted by molar-refractivity contribution is 0.0765. The van der Waals surface area contributed by atoms with Crippen molar-refractivity contribution >= 4 is 16.8 Å². The molecule has 3 rings (SSSR count). The summed E-state index contributed by atoms with van der Waals surface area (Å²) in [5.41, 5.74) is 1.82. The van der Waals surface area contributed by atoms with Crippen LogP contribution in [0.1, 0.15) is 16.8 Å². The summed E-state index contributed by atoms with van der Waals surface area (Å²) in [6, 6.07) is 7.96. The number of carbonyl (C=O) groups excluding carboxylic acids is 1. The number of H-pyrrole nitrogens is 1. The molecule has 1 aromatic heterocycles. The predicted molar refractivity (Wildman–Crippen MR) is 76.3 cm³/mol. The molecule has 1 aliphatic rings. The number of fused-ring (bicyclic) bond motifs is 1. The molecular weight excluding hydrogens is 238 g/mol. The summed E-state index contributed by atoms with van der Waals surface area (Å²) in [6.07, 6.45) is 2.88. The van der Waals surface area contributed by atoms with E-state index in [0.717, 1.165) is 49.1 Å². The first-order chi connectivity index (χ1) is 9.25. The zero-order valence-electron chi connectivity index (χ0n) is 11.2. The maximum Gasteiger partial charge on any atom is 0.256 e. The van der Waals surface area contributed by atoms with Crippen molar-refractivity contribution in [3.05, 3.63) is 36.0 Å². The van der Waals surface area contributed by atoms with E-state index in [1.807, 2.05) is 35.4 Å². The second kappa shape index (κ2) is 5.05. The Balaban J connectivity index is 1.87. The lowest BCUT2D eigenvalue weighted by Gasteiger charge is -2.20. The maximum absolute atomic E-state index is 12.6. The van der Waals surface area contributed by atoms with Crippen molar-refractivity contribution in [2.24, 2.45) is 0 Å². The fourth-order valence-electron chi connectivity index (χ4n) is 2.67. The van der Waals surface area contributed by atoms with E-state index in [2.05, 4.69) is 16.9 Å². The van der Waals surface area contributed by atoms with Crippen LogP contribution >= 0.6 is 0 Å². The summed E-state index contributed by atoms with van der Waals surface area (Å²) < 4.78 is 0. The average Bonchev–Trinajstić information content (AvgIpc) is 2.74. The number of benzene rings is 1. The van der Waals surface area contributed by atoms with Crippen LogP contribution in [0, 0.1) is 0 Å². The number of aromatic amines is 1. The monoisotopic (exact) mass is 257 g/mol. The van der Waals surface area contributed by atoms with Gasteiger partial charge in [0.25, 0.3) is 5.91 Å². The van der Waals surface area contributed by atoms with Crippen LogP contribution in [-0.4, -0.2) is 53.9 Å². The van der Waals surface area contributed by atoms with Gasteiger partial charge in [-0.1, -0.05) is 18.2 Å². The normalized spacial score (nSPS) is 17.6. The van der Waals surface area contributed by atoms with Crippen LogP contribution in [0.25, 0.3) is 10.9 Å². The van der Waals surface area contributed by atoms with Gasteiger partial charge >= 0.3 is 0 Å². The number of amides is 1. The number of nitrogens with one attached hydrogen (secondary N) is 1. The van der Waals surface area contributed by atoms with Gasteiger partial charge in [-0.2, -0.15) is 0 Å². The highest BCUT2D eigenvalue weighted by molar-refractivity contribution is 6.06. The van der Waals surface area contributed by atoms with Crippen LogP contribution in [-0.2, 0) is 0 Å². The van der Waals surface area contributed by atoms with Crippen molar-refractivity contribution in [1.82, 2.24) is 14.8 Å². The van der Waals surface area contributed by atoms with Gasteiger partial charge in [0.05, 0.1) is 5.56 Å². The van der Waals surface area contributed by atoms with Gasteiger partial charge in [0.15, 0.2) is 0 Å². The summed E-state index contributed by atoms with van der Waals surface area (Å²) in [6.45, 7) is 3.68. The van der Waals surface area contributed by atoms with Crippen LogP contribution in [0.2, 0.25) is 0 Å². The minimum atomic E-state index is 0.146. The maximum atomic E-state index is 12.6. The highest BCUT2D eigenvalue weighted by atomic mass is 16.2. The van der Waals surface area contributed by atoms with Crippen LogP contribution in [0.5, 0.6) is 0 Å². The molecule has 2 heterocycles. The van der Waals surface area contributed by atoms with Crippen molar-refractivity contribution < 1.29 is 4.79 Å². The zero-order chi connectivity index (χ0) is 13.2. The van der Waals surface area contributed by atoms with E-state index in [9.17, 15) is 4.79 Å². The summed E-state index contributed by atoms with van der Waals surface area (Å²) in [5, 5.41) is 1.02. The largest absolute Gasteiger partial charge is 0.360 e. The number of hydrogen-bond donors (Lipinski definition) is 1. The molecule has 100 valence electrons. The minimum Gasteiger partial charge on any atom is -0.360 e. The lowest BCUT2D eigenvalue weighted by atomic mass is 10.1. The molecule has 19 heavy (non-hydrogen) atoms. The molecule has 0 atom stereocenters. The molecule has 2 aromatic rings. The number of aromatic nitrogens is 1. The standard InChI is InChI=1S/C15H19N3O/c1-17-7-4-8-18(10-9-17)15(19)13-11-16-14-6-3-2-5-12(13)14/h2-3,5-6,11,16H,4,7-10H2,1H3. The quantitative estimate of drug-likeness (QED) is 0.848. The third-order valence-corrected chi connectivity index (χ3v) is 3.83. The molecule has 1 fully saturated rings. The molecular formula is C15H19N3O. The Bertz CT molecular complexity index is 590. The van der Waals surface area contributed by atoms with Gasteiger partial charge in [-0.05, 0) is 26.1 Å². The topological polar surface area (TPSA) is 39.3 Å². The molecule has 1 saturated heterocycles. The number of likely N-dealkylation sites (N-methyl/N-ethyl adjacent to an activating group) is 1. The van der Waals surface area contributed by atoms with Gasteiger partial charge in [0.2, 0.25) is 0 Å². The number of carbonyl (C=O) groups is 1. The molecule has 0 saturated carbocycles. The van der Waals surface area contributed by atoms with E-state index in [1.165, 1.54) is 0 Å². The molecule has 1 aromatic carbocycles. The Morgan fingerprint density at radius 1 is 1.16 bits per heavy atom. The van der Waals surface area contributed by atoms with E-state index in [1.54, 1.807) is 0 Å². The van der Waals surface area contributed by atoms with Crippen molar-refractivity contribution in [1.29, 1.82) is 0 Å². The minimum absolute atomic E-state index is 0.146. The molecule has 1 aliphatic heterocycles. The van der Waals surface area contributed by atoms with E-state index in [0.29, 0.717) is 0 Å². The summed E-state index contributed by atoms with van der Waals surface area (Å²) in [5.74, 6) is 0.146. The van der Waals surface area contributed by atoms with Gasteiger partial charge < -0.3 is 14.8 Å². The highest BCUT2D eigenvalue weighted by Crippen LogP contribution is 2.19. The van der Waals surface area contributed by atoms with Gasteiger partial charge in [-0.15, -0.1) is 0 Å². The molecule has 1 amide bonds. The van der Waals surface area contributed by atoms with Crippen molar-refractivity contribution in [2.75, 3.05) is 33.2 Å². The smallest absolute Gasteiger partial charge is 0.256 e. The first kappa shape index (κ1) is 12.2. The number of rotatable bonds is 1. The van der Waals surface area contributed by atoms with Gasteiger partial charge in [-0.25, -0.2) is 0 Å². The lowest BCUT2D eigenvalue weighted by Crippen LogP contribution is -2.34.